The van der Waals surface area contributed by atoms with E-state index in [0.29, 0.717) is 30.7 Å². The van der Waals surface area contributed by atoms with Gasteiger partial charge < -0.3 is 29.8 Å². The van der Waals surface area contributed by atoms with Crippen LogP contribution in [0.15, 0.2) is 18.2 Å². The molecule has 10 nitrogen and oxygen atoms in total. The molecule has 0 aliphatic heterocycles. The van der Waals surface area contributed by atoms with E-state index in [2.05, 4.69) is 0 Å². The van der Waals surface area contributed by atoms with Gasteiger partial charge in [-0.15, -0.1) is 0 Å². The van der Waals surface area contributed by atoms with Crippen LogP contribution in [0.2, 0.25) is 0 Å². The number of carbonyl (C=O) groups is 4. The molecule has 3 unspecified atom stereocenters. The van der Waals surface area contributed by atoms with Crippen molar-refractivity contribution in [1.82, 2.24) is 0 Å². The number of carboxylic acids is 1. The lowest BCUT2D eigenvalue weighted by molar-refractivity contribution is -0.139. The summed E-state index contributed by atoms with van der Waals surface area (Å²) in [4.78, 5) is 49.1. The molecule has 226 valence electrons. The lowest BCUT2D eigenvalue weighted by atomic mass is 9.82. The fourth-order valence-electron chi connectivity index (χ4n) is 4.07. The van der Waals surface area contributed by atoms with E-state index >= 15 is 0 Å². The van der Waals surface area contributed by atoms with Gasteiger partial charge in [0.15, 0.2) is 11.5 Å². The van der Waals surface area contributed by atoms with E-state index in [4.69, 9.17) is 24.7 Å². The molecule has 0 bridgehead atoms. The van der Waals surface area contributed by atoms with Crippen molar-refractivity contribution in [2.45, 2.75) is 105 Å². The van der Waals surface area contributed by atoms with Crippen LogP contribution in [0.25, 0.3) is 0 Å². The summed E-state index contributed by atoms with van der Waals surface area (Å²) in [6.45, 7) is 13.2. The predicted octanol–water partition coefficient (Wildman–Crippen LogP) is 5.84. The molecule has 0 aliphatic rings. The van der Waals surface area contributed by atoms with Gasteiger partial charge in [-0.05, 0) is 61.6 Å². The molecular formula is C30H47NO9. The number of hydrogen-bond acceptors (Lipinski definition) is 9. The van der Waals surface area contributed by atoms with Crippen molar-refractivity contribution >= 4 is 24.1 Å². The molecule has 1 rings (SSSR count). The molecule has 0 radical (unpaired) electrons. The van der Waals surface area contributed by atoms with Crippen LogP contribution < -0.4 is 15.2 Å². The average molecular weight is 566 g/mol. The van der Waals surface area contributed by atoms with Crippen LogP contribution in [0.3, 0.4) is 0 Å². The van der Waals surface area contributed by atoms with Crippen LogP contribution in [-0.2, 0) is 23.9 Å². The van der Waals surface area contributed by atoms with Crippen LogP contribution in [0.4, 0.5) is 4.79 Å². The molecule has 0 aliphatic carbocycles. The third-order valence-corrected chi connectivity index (χ3v) is 6.39. The highest BCUT2D eigenvalue weighted by Gasteiger charge is 2.33. The first kappa shape index (κ1) is 34.9. The van der Waals surface area contributed by atoms with Crippen LogP contribution >= 0.6 is 0 Å². The second-order valence-electron chi connectivity index (χ2n) is 11.2. The number of benzene rings is 1. The molecule has 0 spiro atoms. The van der Waals surface area contributed by atoms with Gasteiger partial charge >= 0.3 is 24.1 Å². The predicted molar refractivity (Wildman–Crippen MR) is 150 cm³/mol. The van der Waals surface area contributed by atoms with E-state index in [1.165, 1.54) is 12.1 Å². The molecule has 3 N–H and O–H groups in total. The summed E-state index contributed by atoms with van der Waals surface area (Å²) in [5, 5.41) is 9.72. The SMILES string of the molecule is CCCC(C)OC(=O)OCC(C)C(c1ccc(OC(=O)CCC(C)C)c(OC(=O)CCC(C)C)c1)[C@H](N)C(=O)O. The number of carbonyl (C=O) groups excluding carboxylic acids is 3. The largest absolute Gasteiger partial charge is 0.508 e. The summed E-state index contributed by atoms with van der Waals surface area (Å²) in [7, 11) is 0. The monoisotopic (exact) mass is 565 g/mol. The van der Waals surface area contributed by atoms with E-state index in [0.717, 1.165) is 6.42 Å². The Morgan fingerprint density at radius 1 is 0.850 bits per heavy atom. The molecule has 1 aromatic rings. The Hall–Kier alpha value is -3.14. The molecule has 0 fully saturated rings. The molecule has 0 saturated heterocycles. The minimum Gasteiger partial charge on any atom is -0.480 e. The summed E-state index contributed by atoms with van der Waals surface area (Å²) < 4.78 is 21.6. The lowest BCUT2D eigenvalue weighted by Gasteiger charge is -2.28. The Morgan fingerprint density at radius 3 is 1.90 bits per heavy atom. The average Bonchev–Trinajstić information content (AvgIpc) is 2.86. The van der Waals surface area contributed by atoms with Crippen molar-refractivity contribution in [3.8, 4) is 11.5 Å². The van der Waals surface area contributed by atoms with Crippen molar-refractivity contribution in [3.63, 3.8) is 0 Å². The Bertz CT molecular complexity index is 976. The Kier molecular flexibility index (Phi) is 15.3. The van der Waals surface area contributed by atoms with Crippen LogP contribution in [0, 0.1) is 17.8 Å². The molecule has 4 atom stereocenters. The van der Waals surface area contributed by atoms with Gasteiger partial charge in [0.1, 0.15) is 12.1 Å². The fraction of sp³-hybridized carbons (Fsp3) is 0.667. The standard InChI is InChI=1S/C30H47NO9/c1-8-9-21(7)38-30(36)37-17-20(6)27(28(31)29(34)35)22-12-13-23(39-25(32)14-10-18(2)3)24(16-22)40-26(33)15-11-19(4)5/h12-13,16,18-21,27-28H,8-11,14-15,17,31H2,1-7H3,(H,34,35)/t20?,21?,27?,28-/m0/s1. The maximum atomic E-state index is 12.6. The van der Waals surface area contributed by atoms with E-state index in [-0.39, 0.29) is 43.0 Å². The van der Waals surface area contributed by atoms with Gasteiger partial charge in [-0.2, -0.15) is 0 Å². The molecule has 0 heterocycles. The lowest BCUT2D eigenvalue weighted by Crippen LogP contribution is -2.40. The minimum absolute atomic E-state index is 0.00680. The maximum absolute atomic E-state index is 12.6. The molecular weight excluding hydrogens is 518 g/mol. The van der Waals surface area contributed by atoms with Gasteiger partial charge in [-0.25, -0.2) is 4.79 Å². The quantitative estimate of drug-likeness (QED) is 0.174. The number of carboxylic acid groups (broad SMARTS) is 1. The van der Waals surface area contributed by atoms with Crippen LogP contribution in [0.5, 0.6) is 11.5 Å². The zero-order valence-corrected chi connectivity index (χ0v) is 24.9. The van der Waals surface area contributed by atoms with Gasteiger partial charge in [-0.1, -0.05) is 54.0 Å². The molecule has 0 amide bonds. The molecule has 40 heavy (non-hydrogen) atoms. The minimum atomic E-state index is -1.36. The summed E-state index contributed by atoms with van der Waals surface area (Å²) in [6.07, 6.45) is 1.95. The third-order valence-electron chi connectivity index (χ3n) is 6.39. The first-order valence-corrected chi connectivity index (χ1v) is 14.1. The smallest absolute Gasteiger partial charge is 0.480 e. The topological polar surface area (TPSA) is 151 Å². The second-order valence-corrected chi connectivity index (χ2v) is 11.2. The zero-order valence-electron chi connectivity index (χ0n) is 24.9. The van der Waals surface area contributed by atoms with E-state index in [1.54, 1.807) is 19.9 Å². The first-order valence-electron chi connectivity index (χ1n) is 14.1. The number of hydrogen-bond donors (Lipinski definition) is 2. The molecule has 10 heteroatoms. The number of esters is 2. The summed E-state index contributed by atoms with van der Waals surface area (Å²) >= 11 is 0. The number of ether oxygens (including phenoxy) is 4. The fourth-order valence-corrected chi connectivity index (χ4v) is 4.07. The van der Waals surface area contributed by atoms with Gasteiger partial charge in [0.25, 0.3) is 0 Å². The van der Waals surface area contributed by atoms with Gasteiger partial charge in [-0.3, -0.25) is 14.4 Å². The second kappa shape index (κ2) is 17.5. The van der Waals surface area contributed by atoms with Crippen LogP contribution in [0.1, 0.15) is 98.5 Å². The molecule has 0 aromatic heterocycles. The molecule has 1 aromatic carbocycles. The van der Waals surface area contributed by atoms with Gasteiger partial charge in [0.05, 0.1) is 6.61 Å². The summed E-state index contributed by atoms with van der Waals surface area (Å²) in [5.41, 5.74) is 6.50. The van der Waals surface area contributed by atoms with Crippen molar-refractivity contribution in [3.05, 3.63) is 23.8 Å². The van der Waals surface area contributed by atoms with Crippen molar-refractivity contribution in [2.75, 3.05) is 6.61 Å². The number of aliphatic carboxylic acids is 1. The molecule has 0 saturated carbocycles. The maximum Gasteiger partial charge on any atom is 0.508 e. The Morgan fingerprint density at radius 2 is 1.40 bits per heavy atom. The van der Waals surface area contributed by atoms with E-state index < -0.39 is 41.9 Å². The summed E-state index contributed by atoms with van der Waals surface area (Å²) in [5.74, 6) is -3.00. The van der Waals surface area contributed by atoms with Gasteiger partial charge in [0.2, 0.25) is 0 Å². The van der Waals surface area contributed by atoms with E-state index in [9.17, 15) is 24.3 Å². The number of rotatable bonds is 17. The third kappa shape index (κ3) is 12.8. The normalized spacial score (nSPS) is 14.2. The van der Waals surface area contributed by atoms with Crippen molar-refractivity contribution in [1.29, 1.82) is 0 Å². The van der Waals surface area contributed by atoms with E-state index in [1.807, 2.05) is 34.6 Å². The highest BCUT2D eigenvalue weighted by molar-refractivity contribution is 5.77. The Balaban J connectivity index is 3.27. The van der Waals surface area contributed by atoms with Gasteiger partial charge in [0, 0.05) is 18.8 Å². The first-order chi connectivity index (χ1) is 18.7. The zero-order chi connectivity index (χ0) is 30.4. The summed E-state index contributed by atoms with van der Waals surface area (Å²) in [6, 6.07) is 3.13. The van der Waals surface area contributed by atoms with Crippen molar-refractivity contribution < 1.29 is 43.2 Å². The Labute approximate surface area is 237 Å². The highest BCUT2D eigenvalue weighted by atomic mass is 16.7. The van der Waals surface area contributed by atoms with Crippen LogP contribution in [-0.4, -0.2) is 47.9 Å². The highest BCUT2D eigenvalue weighted by Crippen LogP contribution is 2.36. The number of nitrogens with two attached hydrogens (primary N) is 1. The van der Waals surface area contributed by atoms with Crippen molar-refractivity contribution in [2.24, 2.45) is 23.5 Å².